The van der Waals surface area contributed by atoms with Crippen molar-refractivity contribution in [3.8, 4) is 0 Å². The normalized spacial score (nSPS) is 40.5. The zero-order valence-corrected chi connectivity index (χ0v) is 11.7. The van der Waals surface area contributed by atoms with Crippen LogP contribution < -0.4 is 0 Å². The van der Waals surface area contributed by atoms with Crippen LogP contribution in [0.1, 0.15) is 39.5 Å². The summed E-state index contributed by atoms with van der Waals surface area (Å²) in [5.74, 6) is 1.42. The zero-order chi connectivity index (χ0) is 12.7. The van der Waals surface area contributed by atoms with Gasteiger partial charge in [-0.15, -0.1) is 0 Å². The van der Waals surface area contributed by atoms with Gasteiger partial charge in [-0.1, -0.05) is 13.8 Å². The van der Waals surface area contributed by atoms with Crippen LogP contribution >= 0.6 is 11.8 Å². The van der Waals surface area contributed by atoms with Crippen LogP contribution in [0.15, 0.2) is 0 Å². The van der Waals surface area contributed by atoms with E-state index in [1.165, 1.54) is 7.11 Å². The molecule has 2 aliphatic rings. The van der Waals surface area contributed by atoms with E-state index >= 15 is 0 Å². The van der Waals surface area contributed by atoms with E-state index in [1.54, 1.807) is 11.8 Å². The maximum atomic E-state index is 12.1. The summed E-state index contributed by atoms with van der Waals surface area (Å²) in [4.78, 5) is 12.1. The number of hydrogen-bond acceptors (Lipinski definition) is 4. The third-order valence-corrected chi connectivity index (χ3v) is 5.66. The predicted octanol–water partition coefficient (Wildman–Crippen LogP) is 2.22. The van der Waals surface area contributed by atoms with Crippen molar-refractivity contribution in [2.24, 2.45) is 10.8 Å². The Balaban J connectivity index is 2.31. The van der Waals surface area contributed by atoms with E-state index in [-0.39, 0.29) is 11.4 Å². The summed E-state index contributed by atoms with van der Waals surface area (Å²) in [6.45, 7) is 4.33. The summed E-state index contributed by atoms with van der Waals surface area (Å²) in [5.41, 5.74) is -1.41. The monoisotopic (exact) mass is 258 g/mol. The minimum Gasteiger partial charge on any atom is -0.468 e. The van der Waals surface area contributed by atoms with Crippen LogP contribution in [0.25, 0.3) is 0 Å². The number of esters is 1. The maximum Gasteiger partial charge on any atom is 0.315 e. The van der Waals surface area contributed by atoms with E-state index < -0.39 is 11.0 Å². The molecule has 0 spiro atoms. The van der Waals surface area contributed by atoms with Crippen LogP contribution in [0.5, 0.6) is 0 Å². The number of rotatable bonds is 2. The van der Waals surface area contributed by atoms with Gasteiger partial charge in [0.25, 0.3) is 0 Å². The molecular weight excluding hydrogens is 236 g/mol. The fourth-order valence-corrected chi connectivity index (χ4v) is 4.92. The number of hydrogen-bond donors (Lipinski definition) is 1. The highest BCUT2D eigenvalue weighted by atomic mass is 32.2. The quantitative estimate of drug-likeness (QED) is 0.772. The molecule has 1 aliphatic heterocycles. The van der Waals surface area contributed by atoms with Crippen molar-refractivity contribution in [3.63, 3.8) is 0 Å². The van der Waals surface area contributed by atoms with Gasteiger partial charge >= 0.3 is 5.97 Å². The molecule has 1 aliphatic carbocycles. The average molecular weight is 258 g/mol. The van der Waals surface area contributed by atoms with Crippen molar-refractivity contribution >= 4 is 17.7 Å². The molecule has 2 atom stereocenters. The molecule has 0 aromatic heterocycles. The van der Waals surface area contributed by atoms with Crippen molar-refractivity contribution in [2.45, 2.75) is 45.1 Å². The standard InChI is InChI=1S/C13H22O3S/c1-11(2)4-5-13(15,8-11)12(10(14)16-3)6-7-17-9-12/h15H,4-9H2,1-3H3. The average Bonchev–Trinajstić information content (AvgIpc) is 2.84. The fourth-order valence-electron chi connectivity index (χ4n) is 3.40. The Hall–Kier alpha value is -0.220. The largest absolute Gasteiger partial charge is 0.468 e. The molecule has 2 unspecified atom stereocenters. The van der Waals surface area contributed by atoms with E-state index in [2.05, 4.69) is 13.8 Å². The molecule has 0 bridgehead atoms. The van der Waals surface area contributed by atoms with E-state index in [0.29, 0.717) is 12.2 Å². The molecule has 1 heterocycles. The third-order valence-electron chi connectivity index (χ3n) is 4.47. The lowest BCUT2D eigenvalue weighted by Crippen LogP contribution is -2.53. The molecule has 98 valence electrons. The highest BCUT2D eigenvalue weighted by molar-refractivity contribution is 7.99. The van der Waals surface area contributed by atoms with Gasteiger partial charge in [0.1, 0.15) is 5.41 Å². The molecule has 17 heavy (non-hydrogen) atoms. The van der Waals surface area contributed by atoms with Crippen molar-refractivity contribution in [1.82, 2.24) is 0 Å². The van der Waals surface area contributed by atoms with Crippen LogP contribution in [0.3, 0.4) is 0 Å². The first-order valence-electron chi connectivity index (χ1n) is 6.24. The lowest BCUT2D eigenvalue weighted by molar-refractivity contribution is -0.169. The molecule has 0 radical (unpaired) electrons. The van der Waals surface area contributed by atoms with Crippen molar-refractivity contribution in [3.05, 3.63) is 0 Å². The van der Waals surface area contributed by atoms with Gasteiger partial charge in [0.15, 0.2) is 0 Å². The minimum absolute atomic E-state index is 0.128. The van der Waals surface area contributed by atoms with Crippen molar-refractivity contribution in [2.75, 3.05) is 18.6 Å². The number of methoxy groups -OCH3 is 1. The molecule has 1 N–H and O–H groups in total. The minimum atomic E-state index is -0.868. The third kappa shape index (κ3) is 1.99. The first-order chi connectivity index (χ1) is 7.85. The summed E-state index contributed by atoms with van der Waals surface area (Å²) in [6, 6.07) is 0. The second kappa shape index (κ2) is 4.16. The summed E-state index contributed by atoms with van der Waals surface area (Å²) >= 11 is 1.75. The fraction of sp³-hybridized carbons (Fsp3) is 0.923. The lowest BCUT2D eigenvalue weighted by atomic mass is 9.69. The van der Waals surface area contributed by atoms with Gasteiger partial charge in [0.2, 0.25) is 0 Å². The van der Waals surface area contributed by atoms with Crippen LogP contribution in [-0.2, 0) is 9.53 Å². The number of thioether (sulfide) groups is 1. The number of aliphatic hydroxyl groups is 1. The summed E-state index contributed by atoms with van der Waals surface area (Å²) in [6.07, 6.45) is 3.15. The van der Waals surface area contributed by atoms with Gasteiger partial charge in [0.05, 0.1) is 12.7 Å². The Kier molecular flexibility index (Phi) is 3.24. The van der Waals surface area contributed by atoms with E-state index in [9.17, 15) is 9.90 Å². The first kappa shape index (κ1) is 13.2. The van der Waals surface area contributed by atoms with Gasteiger partial charge in [0, 0.05) is 5.75 Å². The molecule has 2 rings (SSSR count). The van der Waals surface area contributed by atoms with Gasteiger partial charge in [-0.05, 0) is 36.9 Å². The summed E-state index contributed by atoms with van der Waals surface area (Å²) < 4.78 is 4.97. The Morgan fingerprint density at radius 1 is 1.29 bits per heavy atom. The van der Waals surface area contributed by atoms with E-state index in [4.69, 9.17) is 4.74 Å². The smallest absolute Gasteiger partial charge is 0.315 e. The predicted molar refractivity (Wildman–Crippen MR) is 69.0 cm³/mol. The highest BCUT2D eigenvalue weighted by Crippen LogP contribution is 2.56. The molecule has 3 nitrogen and oxygen atoms in total. The van der Waals surface area contributed by atoms with Crippen LogP contribution in [0.2, 0.25) is 0 Å². The zero-order valence-electron chi connectivity index (χ0n) is 10.9. The molecular formula is C13H22O3S. The highest BCUT2D eigenvalue weighted by Gasteiger charge is 2.61. The molecule has 1 saturated carbocycles. The lowest BCUT2D eigenvalue weighted by Gasteiger charge is -2.40. The summed E-state index contributed by atoms with van der Waals surface area (Å²) in [5, 5.41) is 11.0. The molecule has 0 aromatic carbocycles. The molecule has 2 fully saturated rings. The maximum absolute atomic E-state index is 12.1. The van der Waals surface area contributed by atoms with Gasteiger partial charge < -0.3 is 9.84 Å². The van der Waals surface area contributed by atoms with Crippen LogP contribution in [-0.4, -0.2) is 35.3 Å². The molecule has 1 saturated heterocycles. The SMILES string of the molecule is COC(=O)C1(C2(O)CCC(C)(C)C2)CCSC1. The molecule has 4 heteroatoms. The Morgan fingerprint density at radius 2 is 2.00 bits per heavy atom. The summed E-state index contributed by atoms with van der Waals surface area (Å²) in [7, 11) is 1.43. The Labute approximate surface area is 107 Å². The van der Waals surface area contributed by atoms with Gasteiger partial charge in [-0.25, -0.2) is 0 Å². The number of ether oxygens (including phenoxy) is 1. The Morgan fingerprint density at radius 3 is 2.41 bits per heavy atom. The van der Waals surface area contributed by atoms with Crippen molar-refractivity contribution < 1.29 is 14.6 Å². The van der Waals surface area contributed by atoms with E-state index in [1.807, 2.05) is 0 Å². The van der Waals surface area contributed by atoms with Gasteiger partial charge in [-0.3, -0.25) is 4.79 Å². The second-order valence-electron chi connectivity index (χ2n) is 6.25. The first-order valence-corrected chi connectivity index (χ1v) is 7.39. The number of carbonyl (C=O) groups excluding carboxylic acids is 1. The Bertz CT molecular complexity index is 321. The molecule has 0 amide bonds. The van der Waals surface area contributed by atoms with Crippen LogP contribution in [0, 0.1) is 10.8 Å². The van der Waals surface area contributed by atoms with Crippen molar-refractivity contribution in [1.29, 1.82) is 0 Å². The van der Waals surface area contributed by atoms with E-state index in [0.717, 1.165) is 25.0 Å². The topological polar surface area (TPSA) is 46.5 Å². The second-order valence-corrected chi connectivity index (χ2v) is 7.35. The van der Waals surface area contributed by atoms with Crippen LogP contribution in [0.4, 0.5) is 0 Å². The number of carbonyl (C=O) groups is 1. The molecule has 0 aromatic rings. The van der Waals surface area contributed by atoms with Gasteiger partial charge in [-0.2, -0.15) is 11.8 Å².